The van der Waals surface area contributed by atoms with E-state index < -0.39 is 0 Å². The predicted octanol–water partition coefficient (Wildman–Crippen LogP) is 5.76. The molecule has 1 unspecified atom stereocenters. The average molecular weight is 411 g/mol. The minimum Gasteiger partial charge on any atom is -0.493 e. The summed E-state index contributed by atoms with van der Waals surface area (Å²) in [6.45, 7) is 5.00. The van der Waals surface area contributed by atoms with Crippen LogP contribution >= 0.6 is 31.9 Å². The number of hydrogen-bond donors (Lipinski definition) is 1. The second-order valence-corrected chi connectivity index (χ2v) is 7.22. The van der Waals surface area contributed by atoms with Crippen LogP contribution in [0.3, 0.4) is 0 Å². The molecule has 110 valence electrons. The third-order valence-corrected chi connectivity index (χ3v) is 4.88. The highest BCUT2D eigenvalue weighted by atomic mass is 79.9. The van der Waals surface area contributed by atoms with E-state index in [1.165, 1.54) is 22.4 Å². The Morgan fingerprint density at radius 1 is 1.14 bits per heavy atom. The summed E-state index contributed by atoms with van der Waals surface area (Å²) in [7, 11) is 0. The van der Waals surface area contributed by atoms with Crippen molar-refractivity contribution in [3.05, 3.63) is 56.0 Å². The van der Waals surface area contributed by atoms with Crippen molar-refractivity contribution in [3.63, 3.8) is 0 Å². The molecule has 0 fully saturated rings. The van der Waals surface area contributed by atoms with Crippen LogP contribution in [-0.4, -0.2) is 6.61 Å². The summed E-state index contributed by atoms with van der Waals surface area (Å²) in [4.78, 5) is 0. The Balaban J connectivity index is 1.96. The van der Waals surface area contributed by atoms with Gasteiger partial charge in [0, 0.05) is 20.9 Å². The minimum atomic E-state index is 0.268. The van der Waals surface area contributed by atoms with Crippen LogP contribution in [0.4, 0.5) is 5.69 Å². The van der Waals surface area contributed by atoms with Crippen LogP contribution in [0, 0.1) is 13.8 Å². The second kappa shape index (κ2) is 6.01. The van der Waals surface area contributed by atoms with E-state index in [4.69, 9.17) is 4.74 Å². The van der Waals surface area contributed by atoms with Gasteiger partial charge in [-0.25, -0.2) is 0 Å². The van der Waals surface area contributed by atoms with Gasteiger partial charge < -0.3 is 10.1 Å². The number of hydrogen-bond acceptors (Lipinski definition) is 2. The van der Waals surface area contributed by atoms with E-state index in [-0.39, 0.29) is 6.04 Å². The number of halogens is 2. The van der Waals surface area contributed by atoms with Crippen molar-refractivity contribution in [2.45, 2.75) is 26.3 Å². The Labute approximate surface area is 142 Å². The monoisotopic (exact) mass is 409 g/mol. The van der Waals surface area contributed by atoms with Crippen molar-refractivity contribution in [2.24, 2.45) is 0 Å². The molecular formula is C17H17Br2NO. The number of anilines is 1. The summed E-state index contributed by atoms with van der Waals surface area (Å²) < 4.78 is 7.95. The fourth-order valence-corrected chi connectivity index (χ4v) is 3.96. The lowest BCUT2D eigenvalue weighted by Gasteiger charge is -2.29. The summed E-state index contributed by atoms with van der Waals surface area (Å²) in [6.07, 6.45) is 0.962. The van der Waals surface area contributed by atoms with Crippen LogP contribution in [0.5, 0.6) is 5.75 Å². The lowest BCUT2D eigenvalue weighted by Crippen LogP contribution is -2.21. The van der Waals surface area contributed by atoms with Gasteiger partial charge in [-0.15, -0.1) is 0 Å². The Morgan fingerprint density at radius 2 is 1.95 bits per heavy atom. The maximum atomic E-state index is 5.75. The molecule has 3 rings (SSSR count). The third-order valence-electron chi connectivity index (χ3n) is 3.76. The summed E-state index contributed by atoms with van der Waals surface area (Å²) in [5.41, 5.74) is 4.89. The molecule has 1 N–H and O–H groups in total. The van der Waals surface area contributed by atoms with Crippen molar-refractivity contribution in [3.8, 4) is 5.75 Å². The second-order valence-electron chi connectivity index (χ2n) is 5.45. The van der Waals surface area contributed by atoms with Crippen LogP contribution in [0.15, 0.2) is 39.3 Å². The van der Waals surface area contributed by atoms with Crippen molar-refractivity contribution < 1.29 is 4.74 Å². The van der Waals surface area contributed by atoms with Crippen LogP contribution in [0.25, 0.3) is 0 Å². The lowest BCUT2D eigenvalue weighted by atomic mass is 9.99. The molecular weight excluding hydrogens is 394 g/mol. The normalized spacial score (nSPS) is 17.0. The Hall–Kier alpha value is -1.000. The van der Waals surface area contributed by atoms with E-state index in [0.29, 0.717) is 0 Å². The fourth-order valence-electron chi connectivity index (χ4n) is 2.79. The molecule has 21 heavy (non-hydrogen) atoms. The molecule has 0 saturated heterocycles. The molecule has 2 aromatic rings. The number of ether oxygens (including phenoxy) is 1. The van der Waals surface area contributed by atoms with Gasteiger partial charge in [-0.1, -0.05) is 22.0 Å². The molecule has 0 bridgehead atoms. The van der Waals surface area contributed by atoms with Gasteiger partial charge in [0.2, 0.25) is 0 Å². The molecule has 0 aromatic heterocycles. The van der Waals surface area contributed by atoms with Crippen LogP contribution in [-0.2, 0) is 0 Å². The molecule has 1 atom stereocenters. The van der Waals surface area contributed by atoms with E-state index in [1.807, 2.05) is 12.1 Å². The Kier molecular flexibility index (Phi) is 4.27. The zero-order chi connectivity index (χ0) is 15.0. The molecule has 1 heterocycles. The topological polar surface area (TPSA) is 21.3 Å². The van der Waals surface area contributed by atoms with Gasteiger partial charge in [0.25, 0.3) is 0 Å². The van der Waals surface area contributed by atoms with Crippen LogP contribution < -0.4 is 10.1 Å². The molecule has 0 spiro atoms. The minimum absolute atomic E-state index is 0.268. The highest BCUT2D eigenvalue weighted by Crippen LogP contribution is 2.38. The third kappa shape index (κ3) is 3.11. The SMILES string of the molecule is Cc1cc(C)c(NC2CCOc3ccc(Br)cc32)c(Br)c1. The summed E-state index contributed by atoms with van der Waals surface area (Å²) in [6, 6.07) is 10.8. The summed E-state index contributed by atoms with van der Waals surface area (Å²) >= 11 is 7.23. The largest absolute Gasteiger partial charge is 0.493 e. The number of fused-ring (bicyclic) bond motifs is 1. The van der Waals surface area contributed by atoms with Crippen molar-refractivity contribution >= 4 is 37.5 Å². The number of rotatable bonds is 2. The van der Waals surface area contributed by atoms with Gasteiger partial charge in [-0.3, -0.25) is 0 Å². The van der Waals surface area contributed by atoms with Gasteiger partial charge in [0.15, 0.2) is 0 Å². The van der Waals surface area contributed by atoms with E-state index in [1.54, 1.807) is 0 Å². The van der Waals surface area contributed by atoms with E-state index >= 15 is 0 Å². The highest BCUT2D eigenvalue weighted by Gasteiger charge is 2.22. The smallest absolute Gasteiger partial charge is 0.124 e. The van der Waals surface area contributed by atoms with Crippen LogP contribution in [0.1, 0.15) is 29.2 Å². The first-order chi connectivity index (χ1) is 10.0. The van der Waals surface area contributed by atoms with Crippen LogP contribution in [0.2, 0.25) is 0 Å². The van der Waals surface area contributed by atoms with E-state index in [2.05, 4.69) is 69.2 Å². The molecule has 2 nitrogen and oxygen atoms in total. The molecule has 0 amide bonds. The zero-order valence-corrected chi connectivity index (χ0v) is 15.2. The van der Waals surface area contributed by atoms with E-state index in [9.17, 15) is 0 Å². The van der Waals surface area contributed by atoms with Crippen molar-refractivity contribution in [1.82, 2.24) is 0 Å². The maximum Gasteiger partial charge on any atom is 0.124 e. The first-order valence-corrected chi connectivity index (χ1v) is 8.59. The zero-order valence-electron chi connectivity index (χ0n) is 12.0. The molecule has 0 saturated carbocycles. The highest BCUT2D eigenvalue weighted by molar-refractivity contribution is 9.10. The molecule has 1 aliphatic rings. The summed E-state index contributed by atoms with van der Waals surface area (Å²) in [5, 5.41) is 3.68. The Bertz CT molecular complexity index is 661. The molecule has 1 aliphatic heterocycles. The van der Waals surface area contributed by atoms with Gasteiger partial charge >= 0.3 is 0 Å². The first kappa shape index (κ1) is 14.9. The molecule has 4 heteroatoms. The van der Waals surface area contributed by atoms with Gasteiger partial charge in [0.1, 0.15) is 5.75 Å². The number of nitrogens with one attached hydrogen (secondary N) is 1. The average Bonchev–Trinajstić information content (AvgIpc) is 2.43. The quantitative estimate of drug-likeness (QED) is 0.678. The number of benzene rings is 2. The predicted molar refractivity (Wildman–Crippen MR) is 94.2 cm³/mol. The van der Waals surface area contributed by atoms with Crippen molar-refractivity contribution in [2.75, 3.05) is 11.9 Å². The van der Waals surface area contributed by atoms with E-state index in [0.717, 1.165) is 27.7 Å². The fraction of sp³-hybridized carbons (Fsp3) is 0.294. The Morgan fingerprint density at radius 3 is 2.71 bits per heavy atom. The summed E-state index contributed by atoms with van der Waals surface area (Å²) in [5.74, 6) is 0.975. The van der Waals surface area contributed by atoms with Gasteiger partial charge in [0.05, 0.1) is 18.3 Å². The lowest BCUT2D eigenvalue weighted by molar-refractivity contribution is 0.274. The first-order valence-electron chi connectivity index (χ1n) is 7.00. The van der Waals surface area contributed by atoms with Crippen molar-refractivity contribution in [1.29, 1.82) is 0 Å². The standard InChI is InChI=1S/C17H17Br2NO/c1-10-7-11(2)17(14(19)8-10)20-15-5-6-21-16-4-3-12(18)9-13(15)16/h3-4,7-9,15,20H,5-6H2,1-2H3. The maximum absolute atomic E-state index is 5.75. The van der Waals surface area contributed by atoms with Gasteiger partial charge in [-0.2, -0.15) is 0 Å². The van der Waals surface area contributed by atoms with Gasteiger partial charge in [-0.05, 0) is 65.2 Å². The number of aryl methyl sites for hydroxylation is 2. The molecule has 0 aliphatic carbocycles. The molecule has 0 radical (unpaired) electrons. The molecule has 2 aromatic carbocycles.